The lowest BCUT2D eigenvalue weighted by atomic mass is 9.89. The van der Waals surface area contributed by atoms with Crippen LogP contribution in [-0.4, -0.2) is 11.1 Å². The molecule has 0 aliphatic rings. The Bertz CT molecular complexity index is 905. The van der Waals surface area contributed by atoms with E-state index in [0.29, 0.717) is 5.02 Å². The summed E-state index contributed by atoms with van der Waals surface area (Å²) in [5, 5.41) is 9.85. The van der Waals surface area contributed by atoms with Crippen LogP contribution in [0, 0.1) is 0 Å². The van der Waals surface area contributed by atoms with Crippen LogP contribution in [0.4, 0.5) is 0 Å². The lowest BCUT2D eigenvalue weighted by molar-refractivity contribution is -0.129. The molecule has 0 aliphatic heterocycles. The number of nitrogens with one attached hydrogen (secondary N) is 1. The predicted molar refractivity (Wildman–Crippen MR) is 105 cm³/mol. The molecule has 0 aliphatic carbocycles. The molecule has 1 unspecified atom stereocenters. The summed E-state index contributed by atoms with van der Waals surface area (Å²) in [7, 11) is 0. The van der Waals surface area contributed by atoms with Crippen LogP contribution in [0.5, 0.6) is 0 Å². The second-order valence-corrected chi connectivity index (χ2v) is 6.31. The molecule has 1 amide bonds. The highest BCUT2D eigenvalue weighted by molar-refractivity contribution is 6.30. The topological polar surface area (TPSA) is 49.3 Å². The summed E-state index contributed by atoms with van der Waals surface area (Å²) in [5.74, 6) is -1.04. The van der Waals surface area contributed by atoms with Gasteiger partial charge >= 0.3 is 0 Å². The molecule has 26 heavy (non-hydrogen) atoms. The van der Waals surface area contributed by atoms with Gasteiger partial charge in [0.05, 0.1) is 5.92 Å². The average molecular weight is 364 g/mol. The first-order valence-corrected chi connectivity index (χ1v) is 8.57. The Kier molecular flexibility index (Phi) is 5.84. The van der Waals surface area contributed by atoms with E-state index < -0.39 is 11.8 Å². The van der Waals surface area contributed by atoms with E-state index in [1.807, 2.05) is 91.0 Å². The maximum atomic E-state index is 12.2. The molecule has 0 heterocycles. The average Bonchev–Trinajstić information content (AvgIpc) is 2.69. The van der Waals surface area contributed by atoms with Crippen molar-refractivity contribution in [2.24, 2.45) is 0 Å². The van der Waals surface area contributed by atoms with Gasteiger partial charge < -0.3 is 0 Å². The van der Waals surface area contributed by atoms with Gasteiger partial charge in [0.15, 0.2) is 0 Å². The summed E-state index contributed by atoms with van der Waals surface area (Å²) in [4.78, 5) is 12.2. The van der Waals surface area contributed by atoms with Crippen molar-refractivity contribution in [1.82, 2.24) is 5.48 Å². The van der Waals surface area contributed by atoms with Gasteiger partial charge in [-0.15, -0.1) is 0 Å². The van der Waals surface area contributed by atoms with Gasteiger partial charge in [0.25, 0.3) is 5.91 Å². The van der Waals surface area contributed by atoms with E-state index in [2.05, 4.69) is 0 Å². The molecule has 130 valence electrons. The van der Waals surface area contributed by atoms with Gasteiger partial charge in [0.2, 0.25) is 0 Å². The highest BCUT2D eigenvalue weighted by Gasteiger charge is 2.22. The fraction of sp³-hybridized carbons (Fsp3) is 0.0455. The Balaban J connectivity index is 1.91. The van der Waals surface area contributed by atoms with Crippen LogP contribution in [-0.2, 0) is 4.79 Å². The smallest absolute Gasteiger partial charge is 0.255 e. The second kappa shape index (κ2) is 8.48. The normalized spacial score (nSPS) is 12.1. The monoisotopic (exact) mass is 363 g/mol. The van der Waals surface area contributed by atoms with Crippen molar-refractivity contribution in [3.05, 3.63) is 106 Å². The number of halogens is 1. The number of amides is 1. The predicted octanol–water partition coefficient (Wildman–Crippen LogP) is 5.15. The molecule has 0 saturated heterocycles. The number of hydrogen-bond donors (Lipinski definition) is 2. The first-order chi connectivity index (χ1) is 12.7. The Morgan fingerprint density at radius 1 is 0.846 bits per heavy atom. The van der Waals surface area contributed by atoms with E-state index in [-0.39, 0.29) is 0 Å². The summed E-state index contributed by atoms with van der Waals surface area (Å²) in [6, 6.07) is 24.6. The van der Waals surface area contributed by atoms with Crippen LogP contribution < -0.4 is 5.48 Å². The first-order valence-electron chi connectivity index (χ1n) is 8.20. The number of rotatable bonds is 5. The number of carbonyl (C=O) groups is 1. The van der Waals surface area contributed by atoms with Crippen molar-refractivity contribution in [3.63, 3.8) is 0 Å². The maximum absolute atomic E-state index is 12.2. The van der Waals surface area contributed by atoms with E-state index in [9.17, 15) is 4.79 Å². The van der Waals surface area contributed by atoms with E-state index in [4.69, 9.17) is 16.8 Å². The molecular weight excluding hydrogens is 346 g/mol. The SMILES string of the molecule is O=C(NO)C(c1ccccc1)c1cccc(/C=C/c2ccc(Cl)cc2)c1. The van der Waals surface area contributed by atoms with Gasteiger partial charge in [-0.3, -0.25) is 10.0 Å². The third-order valence-corrected chi connectivity index (χ3v) is 4.34. The summed E-state index contributed by atoms with van der Waals surface area (Å²) >= 11 is 5.90. The molecule has 0 radical (unpaired) electrons. The number of benzene rings is 3. The van der Waals surface area contributed by atoms with Crippen molar-refractivity contribution < 1.29 is 10.0 Å². The highest BCUT2D eigenvalue weighted by atomic mass is 35.5. The Labute approximate surface area is 157 Å². The van der Waals surface area contributed by atoms with E-state index >= 15 is 0 Å². The van der Waals surface area contributed by atoms with Crippen LogP contribution in [0.25, 0.3) is 12.2 Å². The van der Waals surface area contributed by atoms with Gasteiger partial charge in [-0.25, -0.2) is 5.48 Å². The second-order valence-electron chi connectivity index (χ2n) is 5.87. The zero-order valence-corrected chi connectivity index (χ0v) is 14.7. The quantitative estimate of drug-likeness (QED) is 0.374. The molecule has 0 bridgehead atoms. The minimum atomic E-state index is -0.579. The van der Waals surface area contributed by atoms with Crippen molar-refractivity contribution >= 4 is 29.7 Å². The van der Waals surface area contributed by atoms with Crippen LogP contribution in [0.3, 0.4) is 0 Å². The zero-order chi connectivity index (χ0) is 18.4. The molecule has 0 saturated carbocycles. The largest absolute Gasteiger partial charge is 0.289 e. The Morgan fingerprint density at radius 3 is 2.19 bits per heavy atom. The minimum absolute atomic E-state index is 0.463. The Morgan fingerprint density at radius 2 is 1.50 bits per heavy atom. The van der Waals surface area contributed by atoms with Crippen LogP contribution in [0.15, 0.2) is 78.9 Å². The third kappa shape index (κ3) is 4.39. The molecule has 3 aromatic carbocycles. The summed E-state index contributed by atoms with van der Waals surface area (Å²) < 4.78 is 0. The lowest BCUT2D eigenvalue weighted by Gasteiger charge is -2.16. The van der Waals surface area contributed by atoms with E-state index in [1.54, 1.807) is 5.48 Å². The summed E-state index contributed by atoms with van der Waals surface area (Å²) in [5.41, 5.74) is 5.40. The van der Waals surface area contributed by atoms with Gasteiger partial charge in [0, 0.05) is 5.02 Å². The molecule has 2 N–H and O–H groups in total. The van der Waals surface area contributed by atoms with Gasteiger partial charge in [-0.2, -0.15) is 0 Å². The van der Waals surface area contributed by atoms with E-state index in [0.717, 1.165) is 22.3 Å². The minimum Gasteiger partial charge on any atom is -0.289 e. The number of hydroxylamine groups is 1. The molecule has 4 heteroatoms. The Hall–Kier alpha value is -2.88. The highest BCUT2D eigenvalue weighted by Crippen LogP contribution is 2.26. The molecule has 3 aromatic rings. The van der Waals surface area contributed by atoms with Crippen molar-refractivity contribution in [3.8, 4) is 0 Å². The van der Waals surface area contributed by atoms with Crippen LogP contribution in [0.2, 0.25) is 5.02 Å². The molecule has 3 nitrogen and oxygen atoms in total. The van der Waals surface area contributed by atoms with Crippen LogP contribution in [0.1, 0.15) is 28.2 Å². The first kappa shape index (κ1) is 17.9. The van der Waals surface area contributed by atoms with Crippen molar-refractivity contribution in [1.29, 1.82) is 0 Å². The standard InChI is InChI=1S/C22H18ClNO2/c23-20-13-11-16(12-14-20)9-10-17-5-4-8-19(15-17)21(22(25)24-26)18-6-2-1-3-7-18/h1-15,21,26H,(H,24,25)/b10-9+. The van der Waals surface area contributed by atoms with Gasteiger partial charge in [-0.05, 0) is 34.4 Å². The number of hydrogen-bond acceptors (Lipinski definition) is 2. The molecule has 0 spiro atoms. The fourth-order valence-electron chi connectivity index (χ4n) is 2.81. The van der Waals surface area contributed by atoms with E-state index in [1.165, 1.54) is 0 Å². The van der Waals surface area contributed by atoms with Crippen LogP contribution >= 0.6 is 11.6 Å². The van der Waals surface area contributed by atoms with Crippen molar-refractivity contribution in [2.45, 2.75) is 5.92 Å². The molecular formula is C22H18ClNO2. The fourth-order valence-corrected chi connectivity index (χ4v) is 2.94. The van der Waals surface area contributed by atoms with Crippen molar-refractivity contribution in [2.75, 3.05) is 0 Å². The van der Waals surface area contributed by atoms with Gasteiger partial charge in [0.1, 0.15) is 0 Å². The maximum Gasteiger partial charge on any atom is 0.255 e. The molecule has 0 aromatic heterocycles. The molecule has 0 fully saturated rings. The summed E-state index contributed by atoms with van der Waals surface area (Å²) in [6.45, 7) is 0. The third-order valence-electron chi connectivity index (χ3n) is 4.09. The molecule has 3 rings (SSSR count). The molecule has 1 atom stereocenters. The number of carbonyl (C=O) groups excluding carboxylic acids is 1. The van der Waals surface area contributed by atoms with Gasteiger partial charge in [-0.1, -0.05) is 90.5 Å². The zero-order valence-electron chi connectivity index (χ0n) is 14.0. The summed E-state index contributed by atoms with van der Waals surface area (Å²) in [6.07, 6.45) is 3.96. The lowest BCUT2D eigenvalue weighted by Crippen LogP contribution is -2.27.